The van der Waals surface area contributed by atoms with Crippen molar-refractivity contribution in [2.24, 2.45) is 5.92 Å². The van der Waals surface area contributed by atoms with Crippen LogP contribution in [0.15, 0.2) is 36.5 Å². The lowest BCUT2D eigenvalue weighted by atomic mass is 9.99. The van der Waals surface area contributed by atoms with Gasteiger partial charge < -0.3 is 14.7 Å². The minimum atomic E-state index is -3.44. The lowest BCUT2D eigenvalue weighted by Crippen LogP contribution is -2.50. The zero-order chi connectivity index (χ0) is 23.6. The molecule has 0 saturated heterocycles. The Morgan fingerprint density at radius 3 is 2.69 bits per heavy atom. The first-order valence-electron chi connectivity index (χ1n) is 10.3. The van der Waals surface area contributed by atoms with Crippen LogP contribution in [0.4, 0.5) is 4.39 Å². The van der Waals surface area contributed by atoms with Gasteiger partial charge in [0.05, 0.1) is 25.4 Å². The molecule has 0 unspecified atom stereocenters. The van der Waals surface area contributed by atoms with Crippen LogP contribution in [0.2, 0.25) is 0 Å². The molecule has 10 heteroatoms. The maximum Gasteiger partial charge on any atom is 0.259 e. The van der Waals surface area contributed by atoms with Crippen molar-refractivity contribution in [3.63, 3.8) is 0 Å². The molecule has 0 saturated carbocycles. The monoisotopic (exact) mass is 465 g/mol. The summed E-state index contributed by atoms with van der Waals surface area (Å²) < 4.78 is 44.8. The molecular weight excluding hydrogens is 437 g/mol. The third-order valence-electron chi connectivity index (χ3n) is 5.68. The summed E-state index contributed by atoms with van der Waals surface area (Å²) in [5.41, 5.74) is 1.26. The number of hydrogen-bond acceptors (Lipinski definition) is 6. The zero-order valence-electron chi connectivity index (χ0n) is 18.5. The highest BCUT2D eigenvalue weighted by Crippen LogP contribution is 2.30. The first kappa shape index (κ1) is 24.1. The smallest absolute Gasteiger partial charge is 0.259 e. The van der Waals surface area contributed by atoms with Gasteiger partial charge in [-0.1, -0.05) is 19.1 Å². The molecule has 0 radical (unpaired) electrons. The molecule has 1 aromatic carbocycles. The van der Waals surface area contributed by atoms with Crippen molar-refractivity contribution in [3.8, 4) is 17.0 Å². The molecule has 0 spiro atoms. The molecule has 8 nitrogen and oxygen atoms in total. The second kappa shape index (κ2) is 9.51. The zero-order valence-corrected chi connectivity index (χ0v) is 19.3. The number of hydrogen-bond donors (Lipinski definition) is 1. The van der Waals surface area contributed by atoms with Crippen LogP contribution in [0.3, 0.4) is 0 Å². The van der Waals surface area contributed by atoms with Gasteiger partial charge in [-0.25, -0.2) is 22.1 Å². The molecule has 1 aromatic heterocycles. The molecule has 0 bridgehead atoms. The van der Waals surface area contributed by atoms with Gasteiger partial charge in [-0.15, -0.1) is 0 Å². The van der Waals surface area contributed by atoms with E-state index < -0.39 is 28.0 Å². The molecule has 1 amide bonds. The van der Waals surface area contributed by atoms with E-state index >= 15 is 0 Å². The molecule has 1 N–H and O–H groups in total. The molecule has 1 aliphatic rings. The van der Waals surface area contributed by atoms with Crippen LogP contribution in [-0.4, -0.2) is 78.8 Å². The van der Waals surface area contributed by atoms with E-state index in [9.17, 15) is 22.7 Å². The number of pyridine rings is 1. The summed E-state index contributed by atoms with van der Waals surface area (Å²) in [4.78, 5) is 19.3. The van der Waals surface area contributed by atoms with E-state index in [-0.39, 0.29) is 43.0 Å². The first-order chi connectivity index (χ1) is 15.0. The quantitative estimate of drug-likeness (QED) is 0.701. The predicted molar refractivity (Wildman–Crippen MR) is 118 cm³/mol. The largest absolute Gasteiger partial charge is 0.472 e. The van der Waals surface area contributed by atoms with Gasteiger partial charge in [0.15, 0.2) is 0 Å². The van der Waals surface area contributed by atoms with Gasteiger partial charge in [-0.05, 0) is 30.7 Å². The van der Waals surface area contributed by atoms with E-state index in [0.717, 1.165) is 6.26 Å². The topological polar surface area (TPSA) is 100 Å². The van der Waals surface area contributed by atoms with Crippen LogP contribution in [0, 0.1) is 11.7 Å². The Morgan fingerprint density at radius 2 is 2.06 bits per heavy atom. The van der Waals surface area contributed by atoms with Gasteiger partial charge in [0.2, 0.25) is 15.9 Å². The van der Waals surface area contributed by atoms with Crippen molar-refractivity contribution in [1.82, 2.24) is 14.2 Å². The van der Waals surface area contributed by atoms with Crippen molar-refractivity contribution in [2.75, 3.05) is 33.0 Å². The maximum atomic E-state index is 13.7. The number of sulfonamides is 1. The molecule has 3 rings (SSSR count). The van der Waals surface area contributed by atoms with Gasteiger partial charge in [0.25, 0.3) is 5.91 Å². The van der Waals surface area contributed by atoms with Crippen molar-refractivity contribution >= 4 is 15.9 Å². The third-order valence-corrected chi connectivity index (χ3v) is 6.96. The van der Waals surface area contributed by atoms with Crippen molar-refractivity contribution < 1.29 is 27.4 Å². The maximum absolute atomic E-state index is 13.7. The van der Waals surface area contributed by atoms with E-state index in [1.54, 1.807) is 25.1 Å². The van der Waals surface area contributed by atoms with Crippen LogP contribution in [-0.2, 0) is 10.0 Å². The van der Waals surface area contributed by atoms with Crippen LogP contribution in [0.1, 0.15) is 24.2 Å². The number of carbonyl (C=O) groups excluding carboxylic acids is 1. The fourth-order valence-electron chi connectivity index (χ4n) is 3.53. The molecule has 2 aromatic rings. The second-order valence-corrected chi connectivity index (χ2v) is 10.3. The van der Waals surface area contributed by atoms with Crippen LogP contribution < -0.4 is 4.74 Å². The van der Waals surface area contributed by atoms with Crippen molar-refractivity contribution in [1.29, 1.82) is 0 Å². The summed E-state index contributed by atoms with van der Waals surface area (Å²) in [6, 6.07) is 7.07. The standard InChI is InChI=1S/C22H28FN3O5S/c1-14-11-26(15(2)13-27)22(28)19-9-17(16-6-5-7-18(23)8-16)10-24-21(19)31-20(14)12-25(3)32(4,29)30/h5-10,14-15,20,27H,11-13H2,1-4H3/t14-,15+,20+/m0/s1. The highest BCUT2D eigenvalue weighted by Gasteiger charge is 2.35. The van der Waals surface area contributed by atoms with Crippen LogP contribution >= 0.6 is 0 Å². The van der Waals surface area contributed by atoms with E-state index in [2.05, 4.69) is 4.98 Å². The fraction of sp³-hybridized carbons (Fsp3) is 0.455. The average Bonchev–Trinajstić information content (AvgIpc) is 2.74. The summed E-state index contributed by atoms with van der Waals surface area (Å²) in [6.45, 7) is 3.68. The number of benzene rings is 1. The predicted octanol–water partition coefficient (Wildman–Crippen LogP) is 2.00. The average molecular weight is 466 g/mol. The number of halogens is 1. The number of fused-ring (bicyclic) bond motifs is 1. The lowest BCUT2D eigenvalue weighted by molar-refractivity contribution is 0.0374. The Bertz CT molecular complexity index is 1090. The minimum absolute atomic E-state index is 0.0717. The van der Waals surface area contributed by atoms with E-state index in [1.807, 2.05) is 6.92 Å². The number of aliphatic hydroxyl groups is 1. The number of aliphatic hydroxyl groups excluding tert-OH is 1. The first-order valence-corrected chi connectivity index (χ1v) is 12.1. The molecular formula is C22H28FN3O5S. The lowest BCUT2D eigenvalue weighted by Gasteiger charge is -2.37. The SMILES string of the molecule is C[C@H](CO)N1C[C@H](C)[C@@H](CN(C)S(C)(=O)=O)Oc2ncc(-c3cccc(F)c3)cc2C1=O. The number of nitrogens with zero attached hydrogens (tertiary/aromatic N) is 3. The summed E-state index contributed by atoms with van der Waals surface area (Å²) >= 11 is 0. The number of amides is 1. The number of carbonyl (C=O) groups is 1. The molecule has 2 heterocycles. The third kappa shape index (κ3) is 5.25. The van der Waals surface area contributed by atoms with Gasteiger partial charge in [0.1, 0.15) is 17.5 Å². The number of likely N-dealkylation sites (N-methyl/N-ethyl adjacent to an activating group) is 1. The molecule has 0 fully saturated rings. The molecule has 174 valence electrons. The van der Waals surface area contributed by atoms with E-state index in [4.69, 9.17) is 4.74 Å². The normalized spacial score (nSPS) is 20.3. The Morgan fingerprint density at radius 1 is 1.34 bits per heavy atom. The number of aromatic nitrogens is 1. The summed E-state index contributed by atoms with van der Waals surface area (Å²) in [7, 11) is -1.98. The minimum Gasteiger partial charge on any atom is -0.472 e. The Labute approximate surface area is 187 Å². The van der Waals surface area contributed by atoms with Gasteiger partial charge in [-0.2, -0.15) is 0 Å². The van der Waals surface area contributed by atoms with Crippen LogP contribution in [0.25, 0.3) is 11.1 Å². The molecule has 32 heavy (non-hydrogen) atoms. The van der Waals surface area contributed by atoms with Crippen molar-refractivity contribution in [2.45, 2.75) is 26.0 Å². The second-order valence-electron chi connectivity index (χ2n) is 8.25. The Balaban J connectivity index is 2.07. The van der Waals surface area contributed by atoms with E-state index in [1.165, 1.54) is 34.6 Å². The summed E-state index contributed by atoms with van der Waals surface area (Å²) in [5.74, 6) is -0.946. The summed E-state index contributed by atoms with van der Waals surface area (Å²) in [5, 5.41) is 9.71. The number of ether oxygens (including phenoxy) is 1. The molecule has 1 aliphatic heterocycles. The van der Waals surface area contributed by atoms with Gasteiger partial charge in [-0.3, -0.25) is 4.79 Å². The summed E-state index contributed by atoms with van der Waals surface area (Å²) in [6.07, 6.45) is 2.02. The Kier molecular flexibility index (Phi) is 7.16. The number of rotatable bonds is 6. The van der Waals surface area contributed by atoms with Crippen LogP contribution in [0.5, 0.6) is 5.88 Å². The van der Waals surface area contributed by atoms with Gasteiger partial charge in [0, 0.05) is 31.3 Å². The fourth-order valence-corrected chi connectivity index (χ4v) is 3.95. The molecule has 3 atom stereocenters. The Hall–Kier alpha value is -2.56. The van der Waals surface area contributed by atoms with Crippen molar-refractivity contribution in [3.05, 3.63) is 47.9 Å². The van der Waals surface area contributed by atoms with E-state index in [0.29, 0.717) is 11.1 Å². The highest BCUT2D eigenvalue weighted by atomic mass is 32.2. The highest BCUT2D eigenvalue weighted by molar-refractivity contribution is 7.88. The molecule has 0 aliphatic carbocycles. The van der Waals surface area contributed by atoms with Gasteiger partial charge >= 0.3 is 0 Å².